The predicted molar refractivity (Wildman–Crippen MR) is 64.5 cm³/mol. The number of hydrogen-bond donors (Lipinski definition) is 1. The second-order valence-electron chi connectivity index (χ2n) is 4.30. The third kappa shape index (κ3) is 2.28. The van der Waals surface area contributed by atoms with Crippen LogP contribution in [0.1, 0.15) is 18.4 Å². The second-order valence-corrected chi connectivity index (χ2v) is 6.43. The number of nitrogens with one attached hydrogen (secondary N) is 1. The van der Waals surface area contributed by atoms with Crippen LogP contribution in [-0.4, -0.2) is 25.5 Å². The van der Waals surface area contributed by atoms with E-state index in [1.807, 2.05) is 6.92 Å². The summed E-state index contributed by atoms with van der Waals surface area (Å²) in [6.45, 7) is 1.85. The van der Waals surface area contributed by atoms with Crippen LogP contribution in [0.3, 0.4) is 0 Å². The van der Waals surface area contributed by atoms with E-state index in [0.717, 1.165) is 5.56 Å². The van der Waals surface area contributed by atoms with E-state index in [0.29, 0.717) is 0 Å². The monoisotopic (exact) mass is 267 g/mol. The maximum absolute atomic E-state index is 12.2. The van der Waals surface area contributed by atoms with E-state index < -0.39 is 26.9 Å². The minimum absolute atomic E-state index is 0.0425. The quantitative estimate of drug-likeness (QED) is 0.795. The molecule has 1 atom stereocenters. The van der Waals surface area contributed by atoms with Crippen molar-refractivity contribution in [2.75, 3.05) is 0 Å². The summed E-state index contributed by atoms with van der Waals surface area (Å²) < 4.78 is 24.5. The summed E-state index contributed by atoms with van der Waals surface area (Å²) in [6, 6.07) is 6.32. The minimum Gasteiger partial charge on any atom is -0.295 e. The van der Waals surface area contributed by atoms with Gasteiger partial charge in [-0.15, -0.1) is 0 Å². The van der Waals surface area contributed by atoms with E-state index in [4.69, 9.17) is 0 Å². The molecular formula is C12H13NO4S. The lowest BCUT2D eigenvalue weighted by Gasteiger charge is -2.20. The summed E-state index contributed by atoms with van der Waals surface area (Å²) in [5.74, 6) is -1.15. The van der Waals surface area contributed by atoms with E-state index >= 15 is 0 Å². The van der Waals surface area contributed by atoms with Crippen LogP contribution in [0.2, 0.25) is 0 Å². The molecule has 2 amide bonds. The molecule has 0 aliphatic carbocycles. The van der Waals surface area contributed by atoms with Gasteiger partial charge in [0.25, 0.3) is 0 Å². The molecule has 1 aromatic rings. The van der Waals surface area contributed by atoms with Crippen LogP contribution in [0.5, 0.6) is 0 Å². The van der Waals surface area contributed by atoms with Gasteiger partial charge in [-0.2, -0.15) is 0 Å². The summed E-state index contributed by atoms with van der Waals surface area (Å²) in [5.41, 5.74) is 0.942. The number of hydrogen-bond acceptors (Lipinski definition) is 4. The summed E-state index contributed by atoms with van der Waals surface area (Å²) in [6.07, 6.45) is 0.0996. The van der Waals surface area contributed by atoms with Gasteiger partial charge in [-0.1, -0.05) is 17.7 Å². The molecule has 6 heteroatoms. The molecule has 0 aromatic heterocycles. The standard InChI is InChI=1S/C12H13NO4S/c1-8-2-4-9(5-3-8)18(16,17)10-6-7-11(14)13-12(10)15/h2-5,10H,6-7H2,1H3,(H,13,14,15). The van der Waals surface area contributed by atoms with Crippen molar-refractivity contribution in [1.29, 1.82) is 0 Å². The van der Waals surface area contributed by atoms with E-state index in [2.05, 4.69) is 5.32 Å². The first-order valence-electron chi connectivity index (χ1n) is 5.55. The molecule has 1 aliphatic heterocycles. The van der Waals surface area contributed by atoms with Crippen LogP contribution >= 0.6 is 0 Å². The minimum atomic E-state index is -3.72. The molecule has 18 heavy (non-hydrogen) atoms. The Bertz CT molecular complexity index is 589. The topological polar surface area (TPSA) is 80.3 Å². The van der Waals surface area contributed by atoms with Crippen LogP contribution in [0.15, 0.2) is 29.2 Å². The molecule has 0 spiro atoms. The fourth-order valence-corrected chi connectivity index (χ4v) is 3.47. The lowest BCUT2D eigenvalue weighted by Crippen LogP contribution is -2.47. The van der Waals surface area contributed by atoms with Crippen molar-refractivity contribution in [3.8, 4) is 0 Å². The van der Waals surface area contributed by atoms with E-state index in [1.54, 1.807) is 12.1 Å². The van der Waals surface area contributed by atoms with Crippen molar-refractivity contribution in [2.24, 2.45) is 0 Å². The van der Waals surface area contributed by atoms with Gasteiger partial charge in [-0.3, -0.25) is 14.9 Å². The molecule has 0 saturated carbocycles. The average Bonchev–Trinajstić information content (AvgIpc) is 2.29. The van der Waals surface area contributed by atoms with Gasteiger partial charge >= 0.3 is 0 Å². The highest BCUT2D eigenvalue weighted by Crippen LogP contribution is 2.22. The van der Waals surface area contributed by atoms with Crippen LogP contribution < -0.4 is 5.32 Å². The molecule has 1 saturated heterocycles. The molecule has 1 fully saturated rings. The number of imide groups is 1. The van der Waals surface area contributed by atoms with Crippen LogP contribution in [0.4, 0.5) is 0 Å². The maximum Gasteiger partial charge on any atom is 0.245 e. The summed E-state index contributed by atoms with van der Waals surface area (Å²) >= 11 is 0. The lowest BCUT2D eigenvalue weighted by molar-refractivity contribution is -0.132. The number of amides is 2. The Balaban J connectivity index is 2.34. The highest BCUT2D eigenvalue weighted by Gasteiger charge is 2.37. The summed E-state index contributed by atoms with van der Waals surface area (Å²) in [7, 11) is -3.72. The highest BCUT2D eigenvalue weighted by atomic mass is 32.2. The first-order valence-corrected chi connectivity index (χ1v) is 7.10. The smallest absolute Gasteiger partial charge is 0.245 e. The predicted octanol–water partition coefficient (Wildman–Crippen LogP) is 0.574. The van der Waals surface area contributed by atoms with Crippen molar-refractivity contribution < 1.29 is 18.0 Å². The molecule has 1 unspecified atom stereocenters. The molecule has 5 nitrogen and oxygen atoms in total. The van der Waals surface area contributed by atoms with Crippen LogP contribution in [0.25, 0.3) is 0 Å². The van der Waals surface area contributed by atoms with Crippen molar-refractivity contribution >= 4 is 21.7 Å². The molecular weight excluding hydrogens is 254 g/mol. The normalized spacial score (nSPS) is 20.6. The Hall–Kier alpha value is -1.69. The van der Waals surface area contributed by atoms with E-state index in [1.165, 1.54) is 12.1 Å². The molecule has 0 bridgehead atoms. The number of sulfone groups is 1. The zero-order valence-corrected chi connectivity index (χ0v) is 10.7. The first kappa shape index (κ1) is 12.8. The number of aryl methyl sites for hydroxylation is 1. The first-order chi connectivity index (χ1) is 8.41. The highest BCUT2D eigenvalue weighted by molar-refractivity contribution is 7.92. The van der Waals surface area contributed by atoms with E-state index in [9.17, 15) is 18.0 Å². The molecule has 1 heterocycles. The Morgan fingerprint density at radius 1 is 1.17 bits per heavy atom. The van der Waals surface area contributed by atoms with Gasteiger partial charge < -0.3 is 0 Å². The average molecular weight is 267 g/mol. The number of rotatable bonds is 2. The Labute approximate surface area is 105 Å². The molecule has 1 N–H and O–H groups in total. The molecule has 2 rings (SSSR count). The fourth-order valence-electron chi connectivity index (χ4n) is 1.86. The molecule has 1 aromatic carbocycles. The van der Waals surface area contributed by atoms with Gasteiger partial charge in [0.1, 0.15) is 5.25 Å². The maximum atomic E-state index is 12.2. The summed E-state index contributed by atoms with van der Waals surface area (Å²) in [4.78, 5) is 22.7. The third-order valence-corrected chi connectivity index (χ3v) is 5.04. The van der Waals surface area contributed by atoms with Gasteiger partial charge in [-0.05, 0) is 25.5 Å². The Kier molecular flexibility index (Phi) is 3.21. The SMILES string of the molecule is Cc1ccc(S(=O)(=O)C2CCC(=O)NC2=O)cc1. The molecule has 0 radical (unpaired) electrons. The van der Waals surface area contributed by atoms with Gasteiger partial charge in [-0.25, -0.2) is 8.42 Å². The zero-order valence-electron chi connectivity index (χ0n) is 9.84. The zero-order chi connectivity index (χ0) is 13.3. The number of carbonyl (C=O) groups excluding carboxylic acids is 2. The van der Waals surface area contributed by atoms with Crippen LogP contribution in [0, 0.1) is 6.92 Å². The van der Waals surface area contributed by atoms with Crippen molar-refractivity contribution in [1.82, 2.24) is 5.32 Å². The van der Waals surface area contributed by atoms with Gasteiger partial charge in [0.15, 0.2) is 9.84 Å². The Morgan fingerprint density at radius 3 is 2.33 bits per heavy atom. The van der Waals surface area contributed by atoms with Crippen molar-refractivity contribution in [2.45, 2.75) is 29.9 Å². The molecule has 1 aliphatic rings. The van der Waals surface area contributed by atoms with Crippen LogP contribution in [-0.2, 0) is 19.4 Å². The van der Waals surface area contributed by atoms with Gasteiger partial charge in [0.05, 0.1) is 4.90 Å². The largest absolute Gasteiger partial charge is 0.295 e. The number of piperidine rings is 1. The third-order valence-electron chi connectivity index (χ3n) is 2.91. The van der Waals surface area contributed by atoms with Crippen molar-refractivity contribution in [3.05, 3.63) is 29.8 Å². The fraction of sp³-hybridized carbons (Fsp3) is 0.333. The number of benzene rings is 1. The second kappa shape index (κ2) is 4.53. The van der Waals surface area contributed by atoms with E-state index in [-0.39, 0.29) is 17.7 Å². The lowest BCUT2D eigenvalue weighted by atomic mass is 10.1. The van der Waals surface area contributed by atoms with Gasteiger partial charge in [0.2, 0.25) is 11.8 Å². The van der Waals surface area contributed by atoms with Crippen molar-refractivity contribution in [3.63, 3.8) is 0 Å². The Morgan fingerprint density at radius 2 is 1.78 bits per heavy atom. The van der Waals surface area contributed by atoms with Gasteiger partial charge in [0, 0.05) is 6.42 Å². The molecule has 96 valence electrons. The summed E-state index contributed by atoms with van der Waals surface area (Å²) in [5, 5.41) is 0.891. The number of carbonyl (C=O) groups is 2.